The molecule has 0 spiro atoms. The minimum absolute atomic E-state index is 0.0286. The minimum Gasteiger partial charge on any atom is -0.373 e. The fourth-order valence-electron chi connectivity index (χ4n) is 1.68. The second-order valence-electron chi connectivity index (χ2n) is 3.44. The Labute approximate surface area is 83.7 Å². The van der Waals surface area contributed by atoms with Crippen LogP contribution in [0.2, 0.25) is 0 Å². The number of hydrogen-bond donors (Lipinski definition) is 1. The maximum atomic E-state index is 5.30. The molecule has 0 fully saturated rings. The Morgan fingerprint density at radius 1 is 1.57 bits per heavy atom. The third-order valence-electron chi connectivity index (χ3n) is 2.52. The molecule has 1 aromatic heterocycles. The molecule has 0 radical (unpaired) electrons. The van der Waals surface area contributed by atoms with E-state index in [-0.39, 0.29) is 6.10 Å². The van der Waals surface area contributed by atoms with Crippen LogP contribution in [0, 0.1) is 0 Å². The largest absolute Gasteiger partial charge is 0.373 e. The molecule has 1 N–H and O–H groups in total. The van der Waals surface area contributed by atoms with Crippen molar-refractivity contribution in [1.82, 2.24) is 15.3 Å². The highest BCUT2D eigenvalue weighted by molar-refractivity contribution is 5.21. The van der Waals surface area contributed by atoms with Crippen molar-refractivity contribution in [3.05, 3.63) is 23.3 Å². The molecule has 0 aromatic carbocycles. The van der Waals surface area contributed by atoms with E-state index < -0.39 is 0 Å². The number of rotatable bonds is 3. The molecule has 2 rings (SSSR count). The standard InChI is InChI=1S/C10H15N3O/c1-3-9(14-2)10-12-5-7-4-11-6-8(7)13-10/h5,9,11H,3-4,6H2,1-2H3. The Kier molecular flexibility index (Phi) is 2.74. The van der Waals surface area contributed by atoms with Crippen LogP contribution in [0.3, 0.4) is 0 Å². The first-order valence-corrected chi connectivity index (χ1v) is 4.93. The first-order valence-electron chi connectivity index (χ1n) is 4.93. The fraction of sp³-hybridized carbons (Fsp3) is 0.600. The smallest absolute Gasteiger partial charge is 0.157 e. The van der Waals surface area contributed by atoms with Gasteiger partial charge in [0.25, 0.3) is 0 Å². The maximum Gasteiger partial charge on any atom is 0.157 e. The molecule has 1 aromatic rings. The summed E-state index contributed by atoms with van der Waals surface area (Å²) in [6.07, 6.45) is 2.84. The highest BCUT2D eigenvalue weighted by Gasteiger charge is 2.16. The number of fused-ring (bicyclic) bond motifs is 1. The Morgan fingerprint density at radius 3 is 3.14 bits per heavy atom. The molecule has 0 amide bonds. The van der Waals surface area contributed by atoms with Gasteiger partial charge in [0, 0.05) is 32.0 Å². The molecule has 76 valence electrons. The number of ether oxygens (including phenoxy) is 1. The second-order valence-corrected chi connectivity index (χ2v) is 3.44. The zero-order valence-corrected chi connectivity index (χ0v) is 8.58. The number of nitrogens with zero attached hydrogens (tertiary/aromatic N) is 2. The summed E-state index contributed by atoms with van der Waals surface area (Å²) in [5.74, 6) is 0.803. The van der Waals surface area contributed by atoms with E-state index in [4.69, 9.17) is 4.74 Å². The van der Waals surface area contributed by atoms with E-state index in [1.54, 1.807) is 7.11 Å². The van der Waals surface area contributed by atoms with Crippen LogP contribution in [0.15, 0.2) is 6.20 Å². The van der Waals surface area contributed by atoms with Crippen LogP contribution >= 0.6 is 0 Å². The average Bonchev–Trinajstić information content (AvgIpc) is 2.66. The zero-order chi connectivity index (χ0) is 9.97. The molecular formula is C10H15N3O. The first kappa shape index (κ1) is 9.55. The lowest BCUT2D eigenvalue weighted by Crippen LogP contribution is -2.07. The summed E-state index contributed by atoms with van der Waals surface area (Å²) in [7, 11) is 1.70. The molecule has 0 saturated heterocycles. The number of nitrogens with one attached hydrogen (secondary N) is 1. The molecule has 2 heterocycles. The van der Waals surface area contributed by atoms with E-state index in [1.807, 2.05) is 6.20 Å². The van der Waals surface area contributed by atoms with Gasteiger partial charge in [0.15, 0.2) is 5.82 Å². The topological polar surface area (TPSA) is 47.0 Å². The van der Waals surface area contributed by atoms with E-state index in [9.17, 15) is 0 Å². The van der Waals surface area contributed by atoms with Gasteiger partial charge in [0.1, 0.15) is 6.10 Å². The zero-order valence-electron chi connectivity index (χ0n) is 8.58. The molecule has 1 aliphatic rings. The molecule has 4 heteroatoms. The first-order chi connectivity index (χ1) is 6.85. The SMILES string of the molecule is CCC(OC)c1ncc2c(n1)CNC2. The van der Waals surface area contributed by atoms with E-state index in [1.165, 1.54) is 5.56 Å². The maximum absolute atomic E-state index is 5.30. The Hall–Kier alpha value is -1.00. The van der Waals surface area contributed by atoms with Gasteiger partial charge in [-0.25, -0.2) is 9.97 Å². The summed E-state index contributed by atoms with van der Waals surface area (Å²) >= 11 is 0. The lowest BCUT2D eigenvalue weighted by Gasteiger charge is -2.11. The van der Waals surface area contributed by atoms with Crippen molar-refractivity contribution in [2.45, 2.75) is 32.5 Å². The van der Waals surface area contributed by atoms with Gasteiger partial charge >= 0.3 is 0 Å². The summed E-state index contributed by atoms with van der Waals surface area (Å²) in [5, 5.41) is 3.25. The van der Waals surface area contributed by atoms with Crippen LogP contribution in [0.4, 0.5) is 0 Å². The third-order valence-corrected chi connectivity index (χ3v) is 2.52. The third kappa shape index (κ3) is 1.63. The van der Waals surface area contributed by atoms with Crippen molar-refractivity contribution in [1.29, 1.82) is 0 Å². The summed E-state index contributed by atoms with van der Waals surface area (Å²) in [6.45, 7) is 3.81. The van der Waals surface area contributed by atoms with Gasteiger partial charge in [-0.15, -0.1) is 0 Å². The fourth-order valence-corrected chi connectivity index (χ4v) is 1.68. The van der Waals surface area contributed by atoms with Gasteiger partial charge in [-0.2, -0.15) is 0 Å². The van der Waals surface area contributed by atoms with Crippen LogP contribution < -0.4 is 5.32 Å². The quantitative estimate of drug-likeness (QED) is 0.783. The molecule has 1 atom stereocenters. The lowest BCUT2D eigenvalue weighted by molar-refractivity contribution is 0.0924. The molecule has 0 saturated carbocycles. The molecule has 0 bridgehead atoms. The van der Waals surface area contributed by atoms with Crippen molar-refractivity contribution in [2.24, 2.45) is 0 Å². The number of aromatic nitrogens is 2. The van der Waals surface area contributed by atoms with E-state index in [0.29, 0.717) is 0 Å². The van der Waals surface area contributed by atoms with Gasteiger partial charge in [0.05, 0.1) is 5.69 Å². The van der Waals surface area contributed by atoms with Gasteiger partial charge < -0.3 is 10.1 Å². The summed E-state index contributed by atoms with van der Waals surface area (Å²) in [6, 6.07) is 0. The summed E-state index contributed by atoms with van der Waals surface area (Å²) < 4.78 is 5.30. The molecular weight excluding hydrogens is 178 g/mol. The van der Waals surface area contributed by atoms with E-state index >= 15 is 0 Å². The molecule has 0 aliphatic carbocycles. The molecule has 4 nitrogen and oxygen atoms in total. The Bertz CT molecular complexity index is 323. The van der Waals surface area contributed by atoms with Crippen molar-refractivity contribution in [3.8, 4) is 0 Å². The summed E-state index contributed by atoms with van der Waals surface area (Å²) in [4.78, 5) is 8.81. The van der Waals surface area contributed by atoms with E-state index in [2.05, 4.69) is 22.2 Å². The van der Waals surface area contributed by atoms with Crippen molar-refractivity contribution in [3.63, 3.8) is 0 Å². The number of methoxy groups -OCH3 is 1. The van der Waals surface area contributed by atoms with E-state index in [0.717, 1.165) is 31.0 Å². The lowest BCUT2D eigenvalue weighted by atomic mass is 10.2. The molecule has 1 aliphatic heterocycles. The summed E-state index contributed by atoms with van der Waals surface area (Å²) in [5.41, 5.74) is 2.32. The van der Waals surface area contributed by atoms with Gasteiger partial charge in [-0.1, -0.05) is 6.92 Å². The highest BCUT2D eigenvalue weighted by atomic mass is 16.5. The minimum atomic E-state index is 0.0286. The monoisotopic (exact) mass is 193 g/mol. The highest BCUT2D eigenvalue weighted by Crippen LogP contribution is 2.19. The van der Waals surface area contributed by atoms with Gasteiger partial charge in [0.2, 0.25) is 0 Å². The Balaban J connectivity index is 2.27. The van der Waals surface area contributed by atoms with Crippen LogP contribution in [0.1, 0.15) is 36.5 Å². The Morgan fingerprint density at radius 2 is 2.43 bits per heavy atom. The average molecular weight is 193 g/mol. The van der Waals surface area contributed by atoms with Crippen LogP contribution in [0.25, 0.3) is 0 Å². The van der Waals surface area contributed by atoms with Crippen molar-refractivity contribution >= 4 is 0 Å². The van der Waals surface area contributed by atoms with Gasteiger partial charge in [-0.3, -0.25) is 0 Å². The normalized spacial score (nSPS) is 16.7. The second kappa shape index (κ2) is 4.02. The van der Waals surface area contributed by atoms with Crippen LogP contribution in [-0.2, 0) is 17.8 Å². The predicted molar refractivity (Wildman–Crippen MR) is 52.6 cm³/mol. The predicted octanol–water partition coefficient (Wildman–Crippen LogP) is 1.18. The number of hydrogen-bond acceptors (Lipinski definition) is 4. The van der Waals surface area contributed by atoms with Gasteiger partial charge in [-0.05, 0) is 6.42 Å². The van der Waals surface area contributed by atoms with Crippen LogP contribution in [-0.4, -0.2) is 17.1 Å². The molecule has 14 heavy (non-hydrogen) atoms. The molecule has 1 unspecified atom stereocenters. The van der Waals surface area contributed by atoms with Crippen molar-refractivity contribution < 1.29 is 4.74 Å². The van der Waals surface area contributed by atoms with Crippen molar-refractivity contribution in [2.75, 3.05) is 7.11 Å². The van der Waals surface area contributed by atoms with Crippen LogP contribution in [0.5, 0.6) is 0 Å².